The van der Waals surface area contributed by atoms with Crippen molar-refractivity contribution >= 4 is 5.96 Å². The molecule has 0 aliphatic carbocycles. The van der Waals surface area contributed by atoms with Crippen molar-refractivity contribution < 1.29 is 9.47 Å². The lowest BCUT2D eigenvalue weighted by molar-refractivity contribution is 0.150. The molecule has 0 bridgehead atoms. The predicted octanol–water partition coefficient (Wildman–Crippen LogP) is 3.24. The Hall–Kier alpha value is -1.79. The standard InChI is InChI=1S/C24H40N4O2/c1-4-25-24(26-13-9-19(2)21-5-7-23(29-3)8-6-21)27-22-10-14-28(15-11-22)17-20-12-16-30-18-20/h5-8,19-20,22H,4,9-18H2,1-3H3,(H2,25,26,27). The van der Waals surface area contributed by atoms with Crippen molar-refractivity contribution in [2.24, 2.45) is 10.9 Å². The molecule has 30 heavy (non-hydrogen) atoms. The van der Waals surface area contributed by atoms with Crippen LogP contribution in [0.1, 0.15) is 51.0 Å². The van der Waals surface area contributed by atoms with Gasteiger partial charge in [-0.3, -0.25) is 4.99 Å². The molecule has 2 saturated heterocycles. The molecule has 0 aromatic heterocycles. The summed E-state index contributed by atoms with van der Waals surface area (Å²) in [6.07, 6.45) is 4.62. The highest BCUT2D eigenvalue weighted by atomic mass is 16.5. The first-order valence-electron chi connectivity index (χ1n) is 11.7. The van der Waals surface area contributed by atoms with Crippen molar-refractivity contribution in [2.45, 2.75) is 51.5 Å². The van der Waals surface area contributed by atoms with Gasteiger partial charge in [-0.2, -0.15) is 0 Å². The first kappa shape index (κ1) is 22.9. The highest BCUT2D eigenvalue weighted by molar-refractivity contribution is 5.80. The summed E-state index contributed by atoms with van der Waals surface area (Å²) in [5.41, 5.74) is 1.34. The topological polar surface area (TPSA) is 58.1 Å². The molecule has 168 valence electrons. The van der Waals surface area contributed by atoms with Crippen LogP contribution in [0.5, 0.6) is 5.75 Å². The van der Waals surface area contributed by atoms with E-state index in [0.29, 0.717) is 12.0 Å². The van der Waals surface area contributed by atoms with E-state index >= 15 is 0 Å². The Morgan fingerprint density at radius 1 is 1.23 bits per heavy atom. The fourth-order valence-corrected chi connectivity index (χ4v) is 4.33. The van der Waals surface area contributed by atoms with Gasteiger partial charge in [0.2, 0.25) is 0 Å². The maximum Gasteiger partial charge on any atom is 0.191 e. The summed E-state index contributed by atoms with van der Waals surface area (Å²) < 4.78 is 10.8. The number of benzene rings is 1. The predicted molar refractivity (Wildman–Crippen MR) is 124 cm³/mol. The lowest BCUT2D eigenvalue weighted by atomic mass is 9.98. The van der Waals surface area contributed by atoms with Crippen molar-refractivity contribution in [3.8, 4) is 5.75 Å². The monoisotopic (exact) mass is 416 g/mol. The average molecular weight is 417 g/mol. The number of ether oxygens (including phenoxy) is 2. The lowest BCUT2D eigenvalue weighted by Gasteiger charge is -2.34. The second-order valence-electron chi connectivity index (χ2n) is 8.67. The van der Waals surface area contributed by atoms with E-state index in [1.807, 2.05) is 12.1 Å². The Morgan fingerprint density at radius 2 is 2.00 bits per heavy atom. The zero-order valence-electron chi connectivity index (χ0n) is 19.0. The van der Waals surface area contributed by atoms with Crippen LogP contribution in [0.4, 0.5) is 0 Å². The Morgan fingerprint density at radius 3 is 2.63 bits per heavy atom. The second-order valence-corrected chi connectivity index (χ2v) is 8.67. The Balaban J connectivity index is 1.41. The Labute approximate surface area is 182 Å². The Bertz CT molecular complexity index is 635. The molecular formula is C24H40N4O2. The minimum absolute atomic E-state index is 0.477. The molecule has 6 nitrogen and oxygen atoms in total. The fourth-order valence-electron chi connectivity index (χ4n) is 4.33. The minimum atomic E-state index is 0.477. The molecule has 2 fully saturated rings. The zero-order chi connectivity index (χ0) is 21.2. The number of likely N-dealkylation sites (tertiary alicyclic amines) is 1. The second kappa shape index (κ2) is 12.2. The Kier molecular flexibility index (Phi) is 9.27. The average Bonchev–Trinajstić information content (AvgIpc) is 3.28. The molecule has 0 radical (unpaired) electrons. The van der Waals surface area contributed by atoms with Gasteiger partial charge in [-0.1, -0.05) is 19.1 Å². The maximum absolute atomic E-state index is 5.52. The number of hydrogen-bond donors (Lipinski definition) is 2. The molecule has 2 atom stereocenters. The number of nitrogens with one attached hydrogen (secondary N) is 2. The van der Waals surface area contributed by atoms with Gasteiger partial charge in [0.15, 0.2) is 5.96 Å². The van der Waals surface area contributed by atoms with E-state index in [1.165, 1.54) is 44.5 Å². The summed E-state index contributed by atoms with van der Waals surface area (Å²) in [4.78, 5) is 7.46. The number of piperidine rings is 1. The van der Waals surface area contributed by atoms with Gasteiger partial charge in [0.1, 0.15) is 5.75 Å². The number of hydrogen-bond acceptors (Lipinski definition) is 4. The van der Waals surface area contributed by atoms with Gasteiger partial charge in [0.05, 0.1) is 13.7 Å². The van der Waals surface area contributed by atoms with E-state index in [-0.39, 0.29) is 0 Å². The zero-order valence-corrected chi connectivity index (χ0v) is 19.0. The number of methoxy groups -OCH3 is 1. The molecular weight excluding hydrogens is 376 g/mol. The van der Waals surface area contributed by atoms with Crippen LogP contribution in [0.2, 0.25) is 0 Å². The first-order valence-corrected chi connectivity index (χ1v) is 11.7. The summed E-state index contributed by atoms with van der Waals surface area (Å²) in [5.74, 6) is 3.08. The molecule has 6 heteroatoms. The van der Waals surface area contributed by atoms with Crippen molar-refractivity contribution in [1.29, 1.82) is 0 Å². The molecule has 0 amide bonds. The van der Waals surface area contributed by atoms with Crippen molar-refractivity contribution in [3.63, 3.8) is 0 Å². The minimum Gasteiger partial charge on any atom is -0.497 e. The van der Waals surface area contributed by atoms with Crippen LogP contribution in [-0.2, 0) is 4.74 Å². The third-order valence-electron chi connectivity index (χ3n) is 6.33. The summed E-state index contributed by atoms with van der Waals surface area (Å²) >= 11 is 0. The molecule has 0 saturated carbocycles. The molecule has 2 aliphatic rings. The number of nitrogens with zero attached hydrogens (tertiary/aromatic N) is 2. The third kappa shape index (κ3) is 7.17. The van der Waals surface area contributed by atoms with Crippen LogP contribution < -0.4 is 15.4 Å². The van der Waals surface area contributed by atoms with Crippen LogP contribution in [0, 0.1) is 5.92 Å². The quantitative estimate of drug-likeness (QED) is 0.478. The fraction of sp³-hybridized carbons (Fsp3) is 0.708. The molecule has 0 spiro atoms. The molecule has 1 aromatic carbocycles. The first-order chi connectivity index (χ1) is 14.7. The van der Waals surface area contributed by atoms with Gasteiger partial charge in [0.25, 0.3) is 0 Å². The maximum atomic E-state index is 5.52. The number of guanidine groups is 1. The molecule has 1 aromatic rings. The van der Waals surface area contributed by atoms with Crippen LogP contribution in [0.15, 0.2) is 29.3 Å². The highest BCUT2D eigenvalue weighted by Crippen LogP contribution is 2.22. The van der Waals surface area contributed by atoms with E-state index in [2.05, 4.69) is 41.5 Å². The van der Waals surface area contributed by atoms with Crippen LogP contribution in [0.25, 0.3) is 0 Å². The van der Waals surface area contributed by atoms with Gasteiger partial charge in [-0.25, -0.2) is 0 Å². The van der Waals surface area contributed by atoms with Crippen LogP contribution in [-0.4, -0.2) is 69.9 Å². The van der Waals surface area contributed by atoms with E-state index < -0.39 is 0 Å². The van der Waals surface area contributed by atoms with Crippen molar-refractivity contribution in [3.05, 3.63) is 29.8 Å². The smallest absolute Gasteiger partial charge is 0.191 e. The molecule has 3 rings (SSSR count). The van der Waals surface area contributed by atoms with Gasteiger partial charge in [0, 0.05) is 45.4 Å². The molecule has 2 heterocycles. The van der Waals surface area contributed by atoms with E-state index in [1.54, 1.807) is 7.11 Å². The van der Waals surface area contributed by atoms with E-state index in [4.69, 9.17) is 14.5 Å². The number of rotatable bonds is 9. The third-order valence-corrected chi connectivity index (χ3v) is 6.33. The lowest BCUT2D eigenvalue weighted by Crippen LogP contribution is -2.49. The van der Waals surface area contributed by atoms with Crippen molar-refractivity contribution in [2.75, 3.05) is 53.0 Å². The highest BCUT2D eigenvalue weighted by Gasteiger charge is 2.24. The normalized spacial score (nSPS) is 22.1. The summed E-state index contributed by atoms with van der Waals surface area (Å²) in [5, 5.41) is 7.09. The van der Waals surface area contributed by atoms with Gasteiger partial charge < -0.3 is 25.0 Å². The van der Waals surface area contributed by atoms with E-state index in [0.717, 1.165) is 50.4 Å². The molecule has 2 N–H and O–H groups in total. The molecule has 2 aliphatic heterocycles. The van der Waals surface area contributed by atoms with Crippen LogP contribution in [0.3, 0.4) is 0 Å². The van der Waals surface area contributed by atoms with Gasteiger partial charge in [-0.15, -0.1) is 0 Å². The SMILES string of the molecule is CCNC(=NCCC(C)c1ccc(OC)cc1)NC1CCN(CC2CCOC2)CC1. The molecule has 2 unspecified atom stereocenters. The van der Waals surface area contributed by atoms with Gasteiger partial charge in [-0.05, 0) is 62.1 Å². The van der Waals surface area contributed by atoms with E-state index in [9.17, 15) is 0 Å². The van der Waals surface area contributed by atoms with Crippen LogP contribution >= 0.6 is 0 Å². The van der Waals surface area contributed by atoms with Gasteiger partial charge >= 0.3 is 0 Å². The largest absolute Gasteiger partial charge is 0.497 e. The summed E-state index contributed by atoms with van der Waals surface area (Å²) in [7, 11) is 1.71. The summed E-state index contributed by atoms with van der Waals surface area (Å²) in [6.45, 7) is 11.5. The summed E-state index contributed by atoms with van der Waals surface area (Å²) in [6, 6.07) is 8.89. The van der Waals surface area contributed by atoms with Crippen molar-refractivity contribution in [1.82, 2.24) is 15.5 Å². The number of aliphatic imine (C=N–C) groups is 1.